The third-order valence-corrected chi connectivity index (χ3v) is 7.45. The first kappa shape index (κ1) is 21.8. The number of fused-ring (bicyclic) bond motifs is 3. The molecule has 166 valence electrons. The molecule has 3 nitrogen and oxygen atoms in total. The summed E-state index contributed by atoms with van der Waals surface area (Å²) in [5.74, 6) is 0. The van der Waals surface area contributed by atoms with Gasteiger partial charge in [0.25, 0.3) is 0 Å². The van der Waals surface area contributed by atoms with E-state index in [1.165, 1.54) is 57.2 Å². The number of unbranched alkanes of at least 4 members (excludes halogenated alkanes) is 3. The summed E-state index contributed by atoms with van der Waals surface area (Å²) in [7, 11) is 0. The molecule has 0 aliphatic carbocycles. The molecule has 0 saturated heterocycles. The zero-order valence-corrected chi connectivity index (χ0v) is 20.4. The molecule has 33 heavy (non-hydrogen) atoms. The number of aromatic nitrogens is 1. The molecule has 0 aliphatic heterocycles. The number of aliphatic imine (C=N–C) groups is 2. The van der Waals surface area contributed by atoms with E-state index in [9.17, 15) is 0 Å². The first-order chi connectivity index (χ1) is 16.3. The van der Waals surface area contributed by atoms with E-state index in [1.54, 1.807) is 22.7 Å². The number of aryl methyl sites for hydroxylation is 1. The Balaban J connectivity index is 1.55. The zero-order valence-electron chi connectivity index (χ0n) is 18.8. The molecule has 0 fully saturated rings. The summed E-state index contributed by atoms with van der Waals surface area (Å²) in [6, 6.07) is 21.4. The van der Waals surface area contributed by atoms with Gasteiger partial charge in [0, 0.05) is 50.5 Å². The maximum atomic E-state index is 4.74. The van der Waals surface area contributed by atoms with Crippen LogP contribution in [0.15, 0.2) is 81.4 Å². The van der Waals surface area contributed by atoms with Crippen LogP contribution in [0.5, 0.6) is 0 Å². The highest BCUT2D eigenvalue weighted by atomic mass is 32.1. The minimum Gasteiger partial charge on any atom is -0.340 e. The van der Waals surface area contributed by atoms with E-state index in [1.807, 2.05) is 12.4 Å². The topological polar surface area (TPSA) is 29.6 Å². The van der Waals surface area contributed by atoms with Crippen molar-refractivity contribution in [1.82, 2.24) is 4.57 Å². The van der Waals surface area contributed by atoms with Crippen LogP contribution in [0.25, 0.3) is 21.8 Å². The molecule has 0 amide bonds. The maximum Gasteiger partial charge on any atom is 0.0637 e. The Bertz CT molecular complexity index is 1290. The molecule has 0 N–H and O–H groups in total. The largest absolute Gasteiger partial charge is 0.340 e. The van der Waals surface area contributed by atoms with E-state index < -0.39 is 0 Å². The average Bonchev–Trinajstić information content (AvgIpc) is 3.60. The zero-order chi connectivity index (χ0) is 22.5. The first-order valence-corrected chi connectivity index (χ1v) is 13.3. The Labute approximate surface area is 202 Å². The van der Waals surface area contributed by atoms with E-state index in [0.29, 0.717) is 0 Å². The van der Waals surface area contributed by atoms with E-state index in [2.05, 4.69) is 82.9 Å². The van der Waals surface area contributed by atoms with Crippen molar-refractivity contribution in [3.63, 3.8) is 0 Å². The lowest BCUT2D eigenvalue weighted by atomic mass is 10.1. The van der Waals surface area contributed by atoms with Gasteiger partial charge >= 0.3 is 0 Å². The molecule has 0 atom stereocenters. The van der Waals surface area contributed by atoms with E-state index in [4.69, 9.17) is 9.98 Å². The second kappa shape index (κ2) is 10.3. The fourth-order valence-corrected chi connectivity index (χ4v) is 5.35. The summed E-state index contributed by atoms with van der Waals surface area (Å²) in [6.45, 7) is 3.30. The molecule has 3 heterocycles. The minimum absolute atomic E-state index is 0.980. The van der Waals surface area contributed by atoms with Crippen molar-refractivity contribution in [2.45, 2.75) is 39.2 Å². The summed E-state index contributed by atoms with van der Waals surface area (Å²) < 4.78 is 2.47. The van der Waals surface area contributed by atoms with Crippen LogP contribution in [0.4, 0.5) is 11.4 Å². The van der Waals surface area contributed by atoms with Gasteiger partial charge in [0.05, 0.1) is 11.4 Å². The Morgan fingerprint density at radius 3 is 1.79 bits per heavy atom. The molecule has 2 aromatic carbocycles. The van der Waals surface area contributed by atoms with Gasteiger partial charge in [-0.2, -0.15) is 0 Å². The lowest BCUT2D eigenvalue weighted by molar-refractivity contribution is 0.602. The SMILES string of the molecule is CCCCCCn1c2ccc(N=Cc3cccs3)cc2c2cc(N=Cc3cccs3)ccc21. The number of hydrogen-bond acceptors (Lipinski definition) is 4. The number of hydrogen-bond donors (Lipinski definition) is 0. The van der Waals surface area contributed by atoms with Crippen LogP contribution in [0.1, 0.15) is 42.4 Å². The smallest absolute Gasteiger partial charge is 0.0637 e. The van der Waals surface area contributed by atoms with Crippen LogP contribution in [0, 0.1) is 0 Å². The van der Waals surface area contributed by atoms with Gasteiger partial charge in [-0.1, -0.05) is 38.3 Å². The van der Waals surface area contributed by atoms with Crippen molar-refractivity contribution in [2.75, 3.05) is 0 Å². The average molecular weight is 470 g/mol. The standard InChI is InChI=1S/C28H27N3S2/c1-2-3-4-5-14-31-27-12-10-21(29-19-23-8-6-15-32-23)17-25(27)26-18-22(11-13-28(26)31)30-20-24-9-7-16-33-24/h6-13,15-20H,2-5,14H2,1H3. The number of nitrogens with zero attached hydrogens (tertiary/aromatic N) is 3. The van der Waals surface area contributed by atoms with Crippen LogP contribution in [-0.2, 0) is 6.54 Å². The van der Waals surface area contributed by atoms with Crippen molar-refractivity contribution in [3.05, 3.63) is 81.2 Å². The lowest BCUT2D eigenvalue weighted by Gasteiger charge is -2.07. The summed E-state index contributed by atoms with van der Waals surface area (Å²) in [5.41, 5.74) is 4.51. The monoisotopic (exact) mass is 469 g/mol. The van der Waals surface area contributed by atoms with Crippen LogP contribution in [0.2, 0.25) is 0 Å². The summed E-state index contributed by atoms with van der Waals surface area (Å²) >= 11 is 3.41. The third kappa shape index (κ3) is 5.00. The fraction of sp³-hybridized carbons (Fsp3) is 0.214. The molecule has 0 bridgehead atoms. The van der Waals surface area contributed by atoms with E-state index >= 15 is 0 Å². The highest BCUT2D eigenvalue weighted by Crippen LogP contribution is 2.34. The van der Waals surface area contributed by atoms with Crippen LogP contribution < -0.4 is 0 Å². The first-order valence-electron chi connectivity index (χ1n) is 11.5. The highest BCUT2D eigenvalue weighted by Gasteiger charge is 2.12. The molecule has 5 heteroatoms. The van der Waals surface area contributed by atoms with Crippen LogP contribution >= 0.6 is 22.7 Å². The van der Waals surface area contributed by atoms with Gasteiger partial charge in [-0.3, -0.25) is 9.98 Å². The normalized spacial score (nSPS) is 12.2. The fourth-order valence-electron chi connectivity index (χ4n) is 4.18. The van der Waals surface area contributed by atoms with Crippen LogP contribution in [0.3, 0.4) is 0 Å². The number of benzene rings is 2. The quantitative estimate of drug-likeness (QED) is 0.152. The Morgan fingerprint density at radius 2 is 1.30 bits per heavy atom. The third-order valence-electron chi connectivity index (χ3n) is 5.84. The Morgan fingerprint density at radius 1 is 0.727 bits per heavy atom. The second-order valence-electron chi connectivity index (χ2n) is 8.16. The molecule has 5 aromatic rings. The second-order valence-corrected chi connectivity index (χ2v) is 10.1. The predicted octanol–water partition coefficient (Wildman–Crippen LogP) is 9.00. The molecule has 0 unspecified atom stereocenters. The maximum absolute atomic E-state index is 4.74. The molecule has 0 radical (unpaired) electrons. The molecule has 0 spiro atoms. The van der Waals surface area contributed by atoms with Crippen molar-refractivity contribution >= 4 is 68.3 Å². The summed E-state index contributed by atoms with van der Waals surface area (Å²) in [6.07, 6.45) is 8.91. The Kier molecular flexibility index (Phi) is 6.79. The van der Waals surface area contributed by atoms with Gasteiger partial charge in [0.2, 0.25) is 0 Å². The number of rotatable bonds is 9. The molecular formula is C28H27N3S2. The van der Waals surface area contributed by atoms with E-state index in [0.717, 1.165) is 17.9 Å². The van der Waals surface area contributed by atoms with Gasteiger partial charge in [-0.25, -0.2) is 0 Å². The van der Waals surface area contributed by atoms with Crippen LogP contribution in [-0.4, -0.2) is 17.0 Å². The van der Waals surface area contributed by atoms with Gasteiger partial charge in [-0.15, -0.1) is 22.7 Å². The van der Waals surface area contributed by atoms with Crippen molar-refractivity contribution in [2.24, 2.45) is 9.98 Å². The van der Waals surface area contributed by atoms with Gasteiger partial charge in [0.15, 0.2) is 0 Å². The molecular weight excluding hydrogens is 442 g/mol. The molecule has 3 aromatic heterocycles. The Hall–Kier alpha value is -3.02. The molecule has 0 aliphatic rings. The molecule has 5 rings (SSSR count). The lowest BCUT2D eigenvalue weighted by Crippen LogP contribution is -1.97. The predicted molar refractivity (Wildman–Crippen MR) is 147 cm³/mol. The highest BCUT2D eigenvalue weighted by molar-refractivity contribution is 7.12. The van der Waals surface area contributed by atoms with E-state index in [-0.39, 0.29) is 0 Å². The molecule has 0 saturated carbocycles. The van der Waals surface area contributed by atoms with Gasteiger partial charge < -0.3 is 4.57 Å². The minimum atomic E-state index is 0.980. The van der Waals surface area contributed by atoms with Crippen molar-refractivity contribution in [1.29, 1.82) is 0 Å². The summed E-state index contributed by atoms with van der Waals surface area (Å²) in [5, 5.41) is 6.65. The summed E-state index contributed by atoms with van der Waals surface area (Å²) in [4.78, 5) is 11.8. The van der Waals surface area contributed by atoms with Gasteiger partial charge in [-0.05, 0) is 65.7 Å². The number of thiophene rings is 2. The van der Waals surface area contributed by atoms with Crippen molar-refractivity contribution < 1.29 is 0 Å². The van der Waals surface area contributed by atoms with Crippen molar-refractivity contribution in [3.8, 4) is 0 Å². The van der Waals surface area contributed by atoms with Gasteiger partial charge in [0.1, 0.15) is 0 Å².